The van der Waals surface area contributed by atoms with Crippen LogP contribution in [0.1, 0.15) is 12.1 Å². The van der Waals surface area contributed by atoms with Gasteiger partial charge in [0, 0.05) is 32.4 Å². The Hall–Kier alpha value is -1.85. The van der Waals surface area contributed by atoms with E-state index in [9.17, 15) is 9.59 Å². The van der Waals surface area contributed by atoms with Crippen LogP contribution in [-0.2, 0) is 23.1 Å². The highest BCUT2D eigenvalue weighted by Crippen LogP contribution is 2.02. The first-order valence-electron chi connectivity index (χ1n) is 4.93. The molecule has 6 heteroatoms. The fourth-order valence-corrected chi connectivity index (χ4v) is 1.36. The number of aromatic nitrogens is 2. The van der Waals surface area contributed by atoms with E-state index in [-0.39, 0.29) is 12.5 Å². The van der Waals surface area contributed by atoms with Crippen molar-refractivity contribution in [2.24, 2.45) is 7.05 Å². The summed E-state index contributed by atoms with van der Waals surface area (Å²) in [7, 11) is 3.29. The van der Waals surface area contributed by atoms with Gasteiger partial charge in [-0.05, 0) is 12.5 Å². The van der Waals surface area contributed by atoms with E-state index in [1.54, 1.807) is 17.9 Å². The number of carboxylic acids is 1. The second-order valence-electron chi connectivity index (χ2n) is 3.59. The third kappa shape index (κ3) is 3.38. The lowest BCUT2D eigenvalue weighted by Crippen LogP contribution is -2.32. The molecule has 0 atom stereocenters. The monoisotopic (exact) mass is 225 g/mol. The second-order valence-corrected chi connectivity index (χ2v) is 3.59. The summed E-state index contributed by atoms with van der Waals surface area (Å²) < 4.78 is 1.70. The number of hydrogen-bond acceptors (Lipinski definition) is 3. The molecule has 1 aromatic heterocycles. The highest BCUT2D eigenvalue weighted by molar-refractivity contribution is 5.81. The Bertz CT molecular complexity index is 386. The Kier molecular flexibility index (Phi) is 4.04. The number of nitrogens with zero attached hydrogens (tertiary/aromatic N) is 3. The number of amides is 1. The molecule has 6 nitrogen and oxygen atoms in total. The van der Waals surface area contributed by atoms with Gasteiger partial charge in [-0.25, -0.2) is 0 Å². The Morgan fingerprint density at radius 2 is 2.25 bits per heavy atom. The van der Waals surface area contributed by atoms with E-state index in [2.05, 4.69) is 5.10 Å². The third-order valence-corrected chi connectivity index (χ3v) is 2.32. The van der Waals surface area contributed by atoms with Crippen molar-refractivity contribution in [2.45, 2.75) is 12.8 Å². The van der Waals surface area contributed by atoms with Crippen LogP contribution in [0, 0.1) is 0 Å². The molecule has 1 heterocycles. The number of hydrogen-bond donors (Lipinski definition) is 1. The lowest BCUT2D eigenvalue weighted by molar-refractivity contribution is -0.143. The largest absolute Gasteiger partial charge is 0.480 e. The lowest BCUT2D eigenvalue weighted by Gasteiger charge is -2.14. The molecule has 0 aromatic carbocycles. The molecule has 0 spiro atoms. The zero-order chi connectivity index (χ0) is 12.1. The summed E-state index contributed by atoms with van der Waals surface area (Å²) in [6.45, 7) is -0.260. The Labute approximate surface area is 93.5 Å². The van der Waals surface area contributed by atoms with Crippen molar-refractivity contribution in [2.75, 3.05) is 13.6 Å². The van der Waals surface area contributed by atoms with Crippen LogP contribution < -0.4 is 0 Å². The minimum Gasteiger partial charge on any atom is -0.480 e. The predicted octanol–water partition coefficient (Wildman–Crippen LogP) is -0.104. The zero-order valence-corrected chi connectivity index (χ0v) is 9.38. The van der Waals surface area contributed by atoms with E-state index in [1.165, 1.54) is 11.9 Å². The Morgan fingerprint density at radius 3 is 2.75 bits per heavy atom. The van der Waals surface area contributed by atoms with Crippen molar-refractivity contribution < 1.29 is 14.7 Å². The summed E-state index contributed by atoms with van der Waals surface area (Å²) in [6, 6.07) is 1.84. The van der Waals surface area contributed by atoms with Crippen LogP contribution >= 0.6 is 0 Å². The van der Waals surface area contributed by atoms with Gasteiger partial charge < -0.3 is 10.0 Å². The molecule has 0 saturated carbocycles. The number of aliphatic carboxylic acids is 1. The van der Waals surface area contributed by atoms with Crippen LogP contribution in [0.5, 0.6) is 0 Å². The lowest BCUT2D eigenvalue weighted by atomic mass is 10.2. The molecule has 1 N–H and O–H groups in total. The van der Waals surface area contributed by atoms with Crippen molar-refractivity contribution in [1.29, 1.82) is 0 Å². The van der Waals surface area contributed by atoms with Gasteiger partial charge in [-0.3, -0.25) is 14.3 Å². The minimum absolute atomic E-state index is 0.177. The molecule has 1 rings (SSSR count). The number of rotatable bonds is 5. The summed E-state index contributed by atoms with van der Waals surface area (Å²) in [5, 5.41) is 12.5. The number of carbonyl (C=O) groups excluding carboxylic acids is 1. The van der Waals surface area contributed by atoms with Gasteiger partial charge >= 0.3 is 5.97 Å². The minimum atomic E-state index is -1.00. The van der Waals surface area contributed by atoms with Crippen LogP contribution in [0.15, 0.2) is 12.3 Å². The van der Waals surface area contributed by atoms with Crippen molar-refractivity contribution in [3.05, 3.63) is 18.0 Å². The van der Waals surface area contributed by atoms with Crippen molar-refractivity contribution in [3.63, 3.8) is 0 Å². The molecule has 0 aliphatic heterocycles. The second kappa shape index (κ2) is 5.29. The summed E-state index contributed by atoms with van der Waals surface area (Å²) >= 11 is 0. The maximum absolute atomic E-state index is 11.5. The van der Waals surface area contributed by atoms with Crippen LogP contribution in [-0.4, -0.2) is 45.3 Å². The normalized spacial score (nSPS) is 10.1. The van der Waals surface area contributed by atoms with E-state index >= 15 is 0 Å². The van der Waals surface area contributed by atoms with Gasteiger partial charge in [-0.15, -0.1) is 0 Å². The van der Waals surface area contributed by atoms with Crippen LogP contribution in [0.4, 0.5) is 0 Å². The quantitative estimate of drug-likeness (QED) is 0.759. The SMILES string of the molecule is CN(CC(=O)O)C(=O)CCc1ccnn1C. The number of likely N-dealkylation sites (N-methyl/N-ethyl adjacent to an activating group) is 1. The molecule has 0 bridgehead atoms. The maximum Gasteiger partial charge on any atom is 0.323 e. The molecule has 0 aliphatic rings. The smallest absolute Gasteiger partial charge is 0.323 e. The third-order valence-electron chi connectivity index (χ3n) is 2.32. The molecular formula is C10H15N3O3. The van der Waals surface area contributed by atoms with Gasteiger partial charge in [0.25, 0.3) is 0 Å². The predicted molar refractivity (Wildman–Crippen MR) is 56.8 cm³/mol. The molecular weight excluding hydrogens is 210 g/mol. The van der Waals surface area contributed by atoms with Crippen LogP contribution in [0.25, 0.3) is 0 Å². The zero-order valence-electron chi connectivity index (χ0n) is 9.38. The van der Waals surface area contributed by atoms with Gasteiger partial charge in [0.15, 0.2) is 0 Å². The van der Waals surface area contributed by atoms with Crippen LogP contribution in [0.3, 0.4) is 0 Å². The molecule has 1 aromatic rings. The van der Waals surface area contributed by atoms with Gasteiger partial charge in [0.05, 0.1) is 0 Å². The average Bonchev–Trinajstić information content (AvgIpc) is 2.59. The molecule has 1 amide bonds. The molecule has 16 heavy (non-hydrogen) atoms. The molecule has 0 fully saturated rings. The molecule has 0 saturated heterocycles. The van der Waals surface area contributed by atoms with E-state index in [4.69, 9.17) is 5.11 Å². The number of aryl methyl sites for hydroxylation is 2. The molecule has 88 valence electrons. The first-order valence-corrected chi connectivity index (χ1v) is 4.93. The van der Waals surface area contributed by atoms with Gasteiger partial charge in [-0.1, -0.05) is 0 Å². The molecule has 0 radical (unpaired) electrons. The van der Waals surface area contributed by atoms with Gasteiger partial charge in [0.2, 0.25) is 5.91 Å². The summed E-state index contributed by atoms with van der Waals surface area (Å²) in [5.74, 6) is -1.18. The maximum atomic E-state index is 11.5. The average molecular weight is 225 g/mol. The first kappa shape index (κ1) is 12.2. The van der Waals surface area contributed by atoms with E-state index in [1.807, 2.05) is 6.07 Å². The summed E-state index contributed by atoms with van der Waals surface area (Å²) in [6.07, 6.45) is 2.53. The Balaban J connectivity index is 2.41. The highest BCUT2D eigenvalue weighted by Gasteiger charge is 2.12. The van der Waals surface area contributed by atoms with E-state index < -0.39 is 5.97 Å². The first-order chi connectivity index (χ1) is 7.50. The van der Waals surface area contributed by atoms with Crippen LogP contribution in [0.2, 0.25) is 0 Å². The van der Waals surface area contributed by atoms with E-state index in [0.717, 1.165) is 5.69 Å². The van der Waals surface area contributed by atoms with Crippen molar-refractivity contribution >= 4 is 11.9 Å². The van der Waals surface area contributed by atoms with E-state index in [0.29, 0.717) is 12.8 Å². The number of carboxylic acid groups (broad SMARTS) is 1. The molecule has 0 unspecified atom stereocenters. The topological polar surface area (TPSA) is 75.4 Å². The fraction of sp³-hybridized carbons (Fsp3) is 0.500. The van der Waals surface area contributed by atoms with Crippen molar-refractivity contribution in [1.82, 2.24) is 14.7 Å². The summed E-state index contributed by atoms with van der Waals surface area (Å²) in [5.41, 5.74) is 0.956. The van der Waals surface area contributed by atoms with Gasteiger partial charge in [-0.2, -0.15) is 5.10 Å². The fourth-order valence-electron chi connectivity index (χ4n) is 1.36. The standard InChI is InChI=1S/C10H15N3O3/c1-12(7-10(15)16)9(14)4-3-8-5-6-11-13(8)2/h5-6H,3-4,7H2,1-2H3,(H,15,16). The Morgan fingerprint density at radius 1 is 1.56 bits per heavy atom. The summed E-state index contributed by atoms with van der Waals surface area (Å²) in [4.78, 5) is 23.1. The molecule has 0 aliphatic carbocycles. The van der Waals surface area contributed by atoms with Crippen molar-refractivity contribution in [3.8, 4) is 0 Å². The highest BCUT2D eigenvalue weighted by atomic mass is 16.4. The number of carbonyl (C=O) groups is 2. The van der Waals surface area contributed by atoms with Gasteiger partial charge in [0.1, 0.15) is 6.54 Å².